The first kappa shape index (κ1) is 16.4. The summed E-state index contributed by atoms with van der Waals surface area (Å²) in [6.45, 7) is 2.23. The second-order valence-electron chi connectivity index (χ2n) is 7.65. The van der Waals surface area contributed by atoms with Crippen LogP contribution in [0, 0.1) is 17.2 Å². The van der Waals surface area contributed by atoms with Gasteiger partial charge in [-0.05, 0) is 31.7 Å². The Bertz CT molecular complexity index is 684. The number of likely N-dealkylation sites (tertiary alicyclic amines) is 1. The highest BCUT2D eigenvalue weighted by atomic mass is 16.5. The summed E-state index contributed by atoms with van der Waals surface area (Å²) in [4.78, 5) is 14.7. The Kier molecular flexibility index (Phi) is 4.39. The quantitative estimate of drug-likeness (QED) is 0.860. The van der Waals surface area contributed by atoms with E-state index in [1.807, 2.05) is 18.2 Å². The van der Waals surface area contributed by atoms with Crippen molar-refractivity contribution in [3.8, 4) is 11.8 Å². The van der Waals surface area contributed by atoms with Gasteiger partial charge in [-0.1, -0.05) is 24.6 Å². The number of carbonyl (C=O) groups excluding carboxylic acids is 1. The number of piperidine rings is 1. The van der Waals surface area contributed by atoms with Crippen molar-refractivity contribution < 1.29 is 9.53 Å². The number of rotatable bonds is 3. The Morgan fingerprint density at radius 2 is 2.08 bits per heavy atom. The van der Waals surface area contributed by atoms with Gasteiger partial charge in [-0.2, -0.15) is 5.26 Å². The Morgan fingerprint density at radius 1 is 1.32 bits per heavy atom. The minimum Gasteiger partial charge on any atom is -0.487 e. The van der Waals surface area contributed by atoms with Crippen LogP contribution in [0.2, 0.25) is 0 Å². The molecule has 132 valence electrons. The molecule has 1 N–H and O–H groups in total. The largest absolute Gasteiger partial charge is 0.487 e. The molecule has 0 radical (unpaired) electrons. The van der Waals surface area contributed by atoms with E-state index in [1.165, 1.54) is 6.42 Å². The van der Waals surface area contributed by atoms with Crippen molar-refractivity contribution in [1.29, 1.82) is 5.26 Å². The first-order valence-corrected chi connectivity index (χ1v) is 9.37. The SMILES string of the molecule is N#CCN1CCC2(CC1)CC(NC(=O)C1CCC1)c1ccccc1O2. The van der Waals surface area contributed by atoms with E-state index in [4.69, 9.17) is 10.00 Å². The normalized spacial score (nSPS) is 25.3. The second kappa shape index (κ2) is 6.68. The third-order valence-corrected chi connectivity index (χ3v) is 6.05. The number of nitriles is 1. The molecule has 1 atom stereocenters. The van der Waals surface area contributed by atoms with E-state index < -0.39 is 0 Å². The van der Waals surface area contributed by atoms with E-state index in [2.05, 4.69) is 22.4 Å². The van der Waals surface area contributed by atoms with Gasteiger partial charge in [-0.3, -0.25) is 9.69 Å². The van der Waals surface area contributed by atoms with Crippen molar-refractivity contribution in [3.63, 3.8) is 0 Å². The monoisotopic (exact) mass is 339 g/mol. The van der Waals surface area contributed by atoms with Gasteiger partial charge >= 0.3 is 0 Å². The predicted molar refractivity (Wildman–Crippen MR) is 93.9 cm³/mol. The van der Waals surface area contributed by atoms with Crippen LogP contribution >= 0.6 is 0 Å². The second-order valence-corrected chi connectivity index (χ2v) is 7.65. The number of nitrogens with one attached hydrogen (secondary N) is 1. The molecule has 1 saturated heterocycles. The molecule has 3 aliphatic rings. The van der Waals surface area contributed by atoms with Crippen LogP contribution in [-0.2, 0) is 4.79 Å². The highest BCUT2D eigenvalue weighted by Gasteiger charge is 2.44. The Labute approximate surface area is 149 Å². The molecule has 2 aliphatic heterocycles. The van der Waals surface area contributed by atoms with E-state index in [9.17, 15) is 4.79 Å². The van der Waals surface area contributed by atoms with Gasteiger partial charge in [0.25, 0.3) is 0 Å². The lowest BCUT2D eigenvalue weighted by Gasteiger charge is -2.47. The molecular weight excluding hydrogens is 314 g/mol. The van der Waals surface area contributed by atoms with Gasteiger partial charge in [0.15, 0.2) is 0 Å². The number of para-hydroxylation sites is 1. The molecule has 1 aromatic carbocycles. The molecule has 0 bridgehead atoms. The number of carbonyl (C=O) groups is 1. The molecule has 1 unspecified atom stereocenters. The fourth-order valence-electron chi connectivity index (χ4n) is 4.23. The Hall–Kier alpha value is -2.06. The summed E-state index contributed by atoms with van der Waals surface area (Å²) in [5.41, 5.74) is 0.873. The summed E-state index contributed by atoms with van der Waals surface area (Å²) in [5.74, 6) is 1.30. The van der Waals surface area contributed by atoms with Crippen LogP contribution in [0.4, 0.5) is 0 Å². The molecule has 5 nitrogen and oxygen atoms in total. The van der Waals surface area contributed by atoms with Crippen LogP contribution in [-0.4, -0.2) is 36.0 Å². The van der Waals surface area contributed by atoms with Gasteiger partial charge in [0, 0.05) is 31.0 Å². The summed E-state index contributed by atoms with van der Waals surface area (Å²) in [6.07, 6.45) is 5.83. The highest BCUT2D eigenvalue weighted by molar-refractivity contribution is 5.80. The zero-order valence-electron chi connectivity index (χ0n) is 14.5. The molecular formula is C20H25N3O2. The lowest BCUT2D eigenvalue weighted by atomic mass is 9.79. The van der Waals surface area contributed by atoms with Gasteiger partial charge in [0.2, 0.25) is 5.91 Å². The van der Waals surface area contributed by atoms with Crippen molar-refractivity contribution >= 4 is 5.91 Å². The number of hydrogen-bond donors (Lipinski definition) is 1. The predicted octanol–water partition coefficient (Wildman–Crippen LogP) is 2.78. The smallest absolute Gasteiger partial charge is 0.223 e. The van der Waals surface area contributed by atoms with Crippen molar-refractivity contribution in [3.05, 3.63) is 29.8 Å². The van der Waals surface area contributed by atoms with E-state index in [0.29, 0.717) is 6.54 Å². The number of ether oxygens (including phenoxy) is 1. The number of nitrogens with zero attached hydrogens (tertiary/aromatic N) is 2. The first-order chi connectivity index (χ1) is 12.2. The van der Waals surface area contributed by atoms with Gasteiger partial charge < -0.3 is 10.1 Å². The third-order valence-electron chi connectivity index (χ3n) is 6.05. The van der Waals surface area contributed by atoms with E-state index in [0.717, 1.165) is 56.5 Å². The van der Waals surface area contributed by atoms with Crippen LogP contribution in [0.1, 0.15) is 50.1 Å². The van der Waals surface area contributed by atoms with Crippen molar-refractivity contribution in [1.82, 2.24) is 10.2 Å². The lowest BCUT2D eigenvalue weighted by Crippen LogP contribution is -2.52. The minimum atomic E-state index is -0.224. The lowest BCUT2D eigenvalue weighted by molar-refractivity contribution is -0.129. The Balaban J connectivity index is 1.52. The molecule has 25 heavy (non-hydrogen) atoms. The van der Waals surface area contributed by atoms with Crippen molar-refractivity contribution in [2.75, 3.05) is 19.6 Å². The van der Waals surface area contributed by atoms with E-state index in [1.54, 1.807) is 0 Å². The van der Waals surface area contributed by atoms with Gasteiger partial charge in [0.1, 0.15) is 11.4 Å². The molecule has 1 saturated carbocycles. The third kappa shape index (κ3) is 3.23. The maximum absolute atomic E-state index is 12.5. The van der Waals surface area contributed by atoms with Crippen LogP contribution in [0.25, 0.3) is 0 Å². The maximum Gasteiger partial charge on any atom is 0.223 e. The molecule has 1 amide bonds. The average Bonchev–Trinajstić information content (AvgIpc) is 2.56. The minimum absolute atomic E-state index is 0.0283. The van der Waals surface area contributed by atoms with Crippen LogP contribution in [0.5, 0.6) is 5.75 Å². The van der Waals surface area contributed by atoms with Crippen molar-refractivity contribution in [2.24, 2.45) is 5.92 Å². The zero-order chi connectivity index (χ0) is 17.3. The van der Waals surface area contributed by atoms with E-state index in [-0.39, 0.29) is 23.5 Å². The van der Waals surface area contributed by atoms with Crippen molar-refractivity contribution in [2.45, 2.75) is 50.2 Å². The highest BCUT2D eigenvalue weighted by Crippen LogP contribution is 2.44. The average molecular weight is 339 g/mol. The molecule has 2 fully saturated rings. The van der Waals surface area contributed by atoms with Crippen LogP contribution in [0.3, 0.4) is 0 Å². The fourth-order valence-corrected chi connectivity index (χ4v) is 4.23. The number of benzene rings is 1. The van der Waals surface area contributed by atoms with Crippen LogP contribution < -0.4 is 10.1 Å². The van der Waals surface area contributed by atoms with E-state index >= 15 is 0 Å². The Morgan fingerprint density at radius 3 is 2.76 bits per heavy atom. The molecule has 1 spiro atoms. The standard InChI is InChI=1S/C20H25N3O2/c21-10-13-23-11-8-20(9-12-23)14-17(22-19(24)15-4-3-5-15)16-6-1-2-7-18(16)25-20/h1-2,6-7,15,17H,3-5,8-9,11-14H2,(H,22,24). The molecule has 1 aromatic rings. The number of hydrogen-bond acceptors (Lipinski definition) is 4. The summed E-state index contributed by atoms with van der Waals surface area (Å²) in [5, 5.41) is 12.2. The molecule has 5 heteroatoms. The molecule has 1 aliphatic carbocycles. The maximum atomic E-state index is 12.5. The molecule has 2 heterocycles. The number of amides is 1. The molecule has 4 rings (SSSR count). The van der Waals surface area contributed by atoms with Gasteiger partial charge in [-0.25, -0.2) is 0 Å². The topological polar surface area (TPSA) is 65.4 Å². The fraction of sp³-hybridized carbons (Fsp3) is 0.600. The summed E-state index contributed by atoms with van der Waals surface area (Å²) in [7, 11) is 0. The summed E-state index contributed by atoms with van der Waals surface area (Å²) < 4.78 is 6.44. The summed E-state index contributed by atoms with van der Waals surface area (Å²) in [6, 6.07) is 10.3. The first-order valence-electron chi connectivity index (χ1n) is 9.37. The summed E-state index contributed by atoms with van der Waals surface area (Å²) >= 11 is 0. The molecule has 0 aromatic heterocycles. The zero-order valence-corrected chi connectivity index (χ0v) is 14.5. The number of fused-ring (bicyclic) bond motifs is 1. The van der Waals surface area contributed by atoms with Gasteiger partial charge in [-0.15, -0.1) is 0 Å². The van der Waals surface area contributed by atoms with Gasteiger partial charge in [0.05, 0.1) is 18.7 Å². The van der Waals surface area contributed by atoms with Crippen LogP contribution in [0.15, 0.2) is 24.3 Å².